The van der Waals surface area contributed by atoms with Crippen LogP contribution in [0, 0.1) is 0 Å². The number of carbonyl (C=O) groups excluding carboxylic acids is 1. The summed E-state index contributed by atoms with van der Waals surface area (Å²) in [5, 5.41) is 11.7. The number of fused-ring (bicyclic) bond motifs is 2. The standard InChI is InChI=1S/C23H20F2N4O2/c1-2-20(30)27-23(8-9-23)12-31-19-5-3-4-16-15(19)11-18(26-16)21-14-7-6-13(22(24)25)10-17(14)28-29-21/h2-7,10-11,22,26H,1,8-9,12H2,(H,27,30)(H,28,29). The molecule has 2 heterocycles. The zero-order valence-corrected chi connectivity index (χ0v) is 16.5. The fourth-order valence-corrected chi connectivity index (χ4v) is 3.74. The highest BCUT2D eigenvalue weighted by molar-refractivity contribution is 5.97. The zero-order chi connectivity index (χ0) is 21.6. The SMILES string of the molecule is C=CC(=O)NC1(COc2cccc3[nH]c(-c4n[nH]c5cc(C(F)F)ccc45)cc23)CC1. The lowest BCUT2D eigenvalue weighted by molar-refractivity contribution is -0.117. The van der Waals surface area contributed by atoms with Crippen LogP contribution in [0.4, 0.5) is 8.78 Å². The van der Waals surface area contributed by atoms with Gasteiger partial charge in [0.25, 0.3) is 6.43 Å². The Morgan fingerprint density at radius 2 is 2.06 bits per heavy atom. The van der Waals surface area contributed by atoms with Crippen LogP contribution in [0.5, 0.6) is 5.75 Å². The van der Waals surface area contributed by atoms with Crippen LogP contribution in [-0.2, 0) is 4.79 Å². The van der Waals surface area contributed by atoms with Crippen molar-refractivity contribution < 1.29 is 18.3 Å². The van der Waals surface area contributed by atoms with Gasteiger partial charge in [-0.2, -0.15) is 5.10 Å². The lowest BCUT2D eigenvalue weighted by atomic mass is 10.1. The second kappa shape index (κ2) is 7.23. The van der Waals surface area contributed by atoms with Gasteiger partial charge in [-0.25, -0.2) is 8.78 Å². The molecule has 8 heteroatoms. The molecule has 5 rings (SSSR count). The average Bonchev–Trinajstić information content (AvgIpc) is 3.20. The van der Waals surface area contributed by atoms with E-state index in [1.54, 1.807) is 6.07 Å². The second-order valence-electron chi connectivity index (χ2n) is 7.84. The third-order valence-electron chi connectivity index (χ3n) is 5.65. The number of H-pyrrole nitrogens is 2. The first-order valence-electron chi connectivity index (χ1n) is 9.94. The number of carbonyl (C=O) groups is 1. The van der Waals surface area contributed by atoms with E-state index >= 15 is 0 Å². The second-order valence-corrected chi connectivity index (χ2v) is 7.84. The molecule has 1 aliphatic rings. The van der Waals surface area contributed by atoms with Crippen LogP contribution in [0.2, 0.25) is 0 Å². The maximum Gasteiger partial charge on any atom is 0.263 e. The van der Waals surface area contributed by atoms with E-state index in [1.165, 1.54) is 18.2 Å². The van der Waals surface area contributed by atoms with E-state index in [0.717, 1.165) is 34.8 Å². The third kappa shape index (κ3) is 3.54. The molecule has 1 aliphatic carbocycles. The van der Waals surface area contributed by atoms with Crippen LogP contribution in [0.1, 0.15) is 24.8 Å². The monoisotopic (exact) mass is 422 g/mol. The van der Waals surface area contributed by atoms with Crippen molar-refractivity contribution in [2.45, 2.75) is 24.8 Å². The molecule has 0 radical (unpaired) electrons. The molecular formula is C23H20F2N4O2. The Morgan fingerprint density at radius 1 is 1.23 bits per heavy atom. The molecule has 1 fully saturated rings. The van der Waals surface area contributed by atoms with Crippen LogP contribution < -0.4 is 10.1 Å². The van der Waals surface area contributed by atoms with Crippen LogP contribution in [0.15, 0.2) is 55.1 Å². The molecule has 3 N–H and O–H groups in total. The number of halogens is 2. The third-order valence-corrected chi connectivity index (χ3v) is 5.65. The summed E-state index contributed by atoms with van der Waals surface area (Å²) < 4.78 is 32.0. The summed E-state index contributed by atoms with van der Waals surface area (Å²) in [7, 11) is 0. The summed E-state index contributed by atoms with van der Waals surface area (Å²) in [5.41, 5.74) is 2.43. The first-order chi connectivity index (χ1) is 15.0. The highest BCUT2D eigenvalue weighted by Crippen LogP contribution is 2.38. The summed E-state index contributed by atoms with van der Waals surface area (Å²) in [6, 6.07) is 12.1. The highest BCUT2D eigenvalue weighted by Gasteiger charge is 2.44. The number of nitrogens with one attached hydrogen (secondary N) is 3. The number of hydrogen-bond acceptors (Lipinski definition) is 3. The normalized spacial score (nSPS) is 14.8. The highest BCUT2D eigenvalue weighted by atomic mass is 19.3. The predicted molar refractivity (Wildman–Crippen MR) is 114 cm³/mol. The van der Waals surface area contributed by atoms with Gasteiger partial charge in [0.15, 0.2) is 0 Å². The molecular weight excluding hydrogens is 402 g/mol. The van der Waals surface area contributed by atoms with Crippen molar-refractivity contribution in [1.29, 1.82) is 0 Å². The number of aromatic nitrogens is 3. The molecule has 31 heavy (non-hydrogen) atoms. The summed E-state index contributed by atoms with van der Waals surface area (Å²) in [5.74, 6) is 0.489. The lowest BCUT2D eigenvalue weighted by Crippen LogP contribution is -2.40. The van der Waals surface area contributed by atoms with Gasteiger partial charge >= 0.3 is 0 Å². The number of nitrogens with zero attached hydrogens (tertiary/aromatic N) is 1. The number of hydrogen-bond donors (Lipinski definition) is 3. The van der Waals surface area contributed by atoms with Crippen molar-refractivity contribution >= 4 is 27.7 Å². The van der Waals surface area contributed by atoms with Gasteiger partial charge in [-0.1, -0.05) is 24.8 Å². The van der Waals surface area contributed by atoms with E-state index in [1.807, 2.05) is 24.3 Å². The van der Waals surface area contributed by atoms with Gasteiger partial charge in [0.05, 0.1) is 16.7 Å². The van der Waals surface area contributed by atoms with Crippen LogP contribution in [-0.4, -0.2) is 33.2 Å². The topological polar surface area (TPSA) is 82.8 Å². The van der Waals surface area contributed by atoms with E-state index in [4.69, 9.17) is 4.74 Å². The minimum atomic E-state index is -2.53. The molecule has 0 spiro atoms. The number of alkyl halides is 2. The Balaban J connectivity index is 1.44. The van der Waals surface area contributed by atoms with E-state index in [0.29, 0.717) is 23.6 Å². The molecule has 0 aliphatic heterocycles. The van der Waals surface area contributed by atoms with Crippen molar-refractivity contribution in [3.8, 4) is 17.1 Å². The van der Waals surface area contributed by atoms with Gasteiger partial charge in [0.1, 0.15) is 18.1 Å². The Hall–Kier alpha value is -3.68. The van der Waals surface area contributed by atoms with Crippen molar-refractivity contribution in [3.63, 3.8) is 0 Å². The Labute approximate surface area is 176 Å². The van der Waals surface area contributed by atoms with Gasteiger partial charge < -0.3 is 15.0 Å². The Bertz CT molecular complexity index is 1300. The molecule has 0 saturated heterocycles. The van der Waals surface area contributed by atoms with Gasteiger partial charge in [0, 0.05) is 21.9 Å². The Kier molecular flexibility index (Phi) is 4.50. The molecule has 2 aromatic carbocycles. The van der Waals surface area contributed by atoms with Crippen molar-refractivity contribution in [1.82, 2.24) is 20.5 Å². The lowest BCUT2D eigenvalue weighted by Gasteiger charge is -2.17. The van der Waals surface area contributed by atoms with Crippen LogP contribution in [0.3, 0.4) is 0 Å². The Morgan fingerprint density at radius 3 is 2.81 bits per heavy atom. The molecule has 0 atom stereocenters. The number of aromatic amines is 2. The summed E-state index contributed by atoms with van der Waals surface area (Å²) >= 11 is 0. The van der Waals surface area contributed by atoms with Crippen LogP contribution >= 0.6 is 0 Å². The molecule has 1 saturated carbocycles. The van der Waals surface area contributed by atoms with Crippen molar-refractivity contribution in [3.05, 3.63) is 60.7 Å². The number of rotatable bonds is 7. The van der Waals surface area contributed by atoms with E-state index in [9.17, 15) is 13.6 Å². The summed E-state index contributed by atoms with van der Waals surface area (Å²) in [6.45, 7) is 3.86. The summed E-state index contributed by atoms with van der Waals surface area (Å²) in [4.78, 5) is 15.0. The van der Waals surface area contributed by atoms with Gasteiger partial charge in [0.2, 0.25) is 5.91 Å². The minimum absolute atomic E-state index is 0.0485. The first kappa shape index (κ1) is 19.3. The maximum absolute atomic E-state index is 13.0. The zero-order valence-electron chi connectivity index (χ0n) is 16.5. The number of benzene rings is 2. The van der Waals surface area contributed by atoms with Crippen LogP contribution in [0.25, 0.3) is 33.2 Å². The maximum atomic E-state index is 13.0. The number of ether oxygens (including phenoxy) is 1. The predicted octanol–water partition coefficient (Wildman–Crippen LogP) is 4.86. The molecule has 4 aromatic rings. The van der Waals surface area contributed by atoms with E-state index in [-0.39, 0.29) is 17.0 Å². The van der Waals surface area contributed by atoms with Crippen molar-refractivity contribution in [2.75, 3.05) is 6.61 Å². The molecule has 1 amide bonds. The summed E-state index contributed by atoms with van der Waals surface area (Å²) in [6.07, 6.45) is 0.453. The van der Waals surface area contributed by atoms with Gasteiger partial charge in [-0.05, 0) is 43.2 Å². The molecule has 158 valence electrons. The van der Waals surface area contributed by atoms with Gasteiger partial charge in [-0.3, -0.25) is 9.89 Å². The fraction of sp³-hybridized carbons (Fsp3) is 0.217. The van der Waals surface area contributed by atoms with E-state index < -0.39 is 6.43 Å². The molecule has 0 unspecified atom stereocenters. The smallest absolute Gasteiger partial charge is 0.263 e. The minimum Gasteiger partial charge on any atom is -0.490 e. The van der Waals surface area contributed by atoms with Gasteiger partial charge in [-0.15, -0.1) is 0 Å². The number of amides is 1. The van der Waals surface area contributed by atoms with Crippen molar-refractivity contribution in [2.24, 2.45) is 0 Å². The molecule has 0 bridgehead atoms. The first-order valence-corrected chi connectivity index (χ1v) is 9.94. The van der Waals surface area contributed by atoms with E-state index in [2.05, 4.69) is 27.1 Å². The largest absolute Gasteiger partial charge is 0.490 e. The quantitative estimate of drug-likeness (QED) is 0.372. The average molecular weight is 422 g/mol. The fourth-order valence-electron chi connectivity index (χ4n) is 3.74. The molecule has 2 aromatic heterocycles. The molecule has 6 nitrogen and oxygen atoms in total.